The number of para-hydroxylation sites is 2. The summed E-state index contributed by atoms with van der Waals surface area (Å²) in [5.74, 6) is -1.50. The second-order valence-electron chi connectivity index (χ2n) is 7.95. The van der Waals surface area contributed by atoms with Crippen molar-refractivity contribution in [2.75, 3.05) is 13.1 Å². The Morgan fingerprint density at radius 3 is 2.58 bits per heavy atom. The molecule has 3 aromatic rings. The van der Waals surface area contributed by atoms with Crippen LogP contribution in [-0.4, -0.2) is 47.2 Å². The summed E-state index contributed by atoms with van der Waals surface area (Å²) in [5, 5.41) is 0. The molecule has 11 heteroatoms. The Labute approximate surface area is 190 Å². The lowest BCUT2D eigenvalue weighted by atomic mass is 9.99. The molecule has 2 heterocycles. The van der Waals surface area contributed by atoms with Gasteiger partial charge in [0.05, 0.1) is 28.3 Å². The molecule has 0 radical (unpaired) electrons. The number of aromatic nitrogens is 2. The van der Waals surface area contributed by atoms with Crippen LogP contribution in [0.3, 0.4) is 0 Å². The Kier molecular flexibility index (Phi) is 6.43. The fourth-order valence-electron chi connectivity index (χ4n) is 3.91. The molecule has 9 nitrogen and oxygen atoms in total. The van der Waals surface area contributed by atoms with Gasteiger partial charge in [-0.3, -0.25) is 20.4 Å². The minimum Gasteiger partial charge on any atom is -0.331 e. The summed E-state index contributed by atoms with van der Waals surface area (Å²) in [7, 11) is -2.03. The highest BCUT2D eigenvalue weighted by Gasteiger charge is 2.33. The van der Waals surface area contributed by atoms with Gasteiger partial charge in [-0.2, -0.15) is 4.31 Å². The first-order chi connectivity index (χ1) is 15.8. The van der Waals surface area contributed by atoms with Crippen LogP contribution in [0.15, 0.2) is 53.4 Å². The Morgan fingerprint density at radius 1 is 1.12 bits per heavy atom. The molecule has 174 valence electrons. The number of nitrogens with zero attached hydrogens (tertiary/aromatic N) is 3. The van der Waals surface area contributed by atoms with Gasteiger partial charge in [0.1, 0.15) is 11.6 Å². The minimum absolute atomic E-state index is 0.0217. The molecule has 2 N–H and O–H groups in total. The smallest absolute Gasteiger partial charge is 0.245 e. The molecular weight excluding hydrogens is 449 g/mol. The Balaban J connectivity index is 1.34. The van der Waals surface area contributed by atoms with Gasteiger partial charge in [0.25, 0.3) is 0 Å². The van der Waals surface area contributed by atoms with Crippen molar-refractivity contribution in [1.29, 1.82) is 0 Å². The quantitative estimate of drug-likeness (QED) is 0.546. The van der Waals surface area contributed by atoms with Crippen LogP contribution in [0.2, 0.25) is 0 Å². The van der Waals surface area contributed by atoms with Crippen LogP contribution < -0.4 is 10.9 Å². The third-order valence-electron chi connectivity index (χ3n) is 5.73. The van der Waals surface area contributed by atoms with Gasteiger partial charge < -0.3 is 4.57 Å². The molecule has 4 rings (SSSR count). The maximum atomic E-state index is 13.1. The number of sulfonamides is 1. The van der Waals surface area contributed by atoms with Crippen molar-refractivity contribution in [2.45, 2.75) is 24.2 Å². The first kappa shape index (κ1) is 22.9. The lowest BCUT2D eigenvalue weighted by molar-refractivity contribution is -0.131. The number of fused-ring (bicyclic) bond motifs is 1. The third-order valence-corrected chi connectivity index (χ3v) is 7.61. The van der Waals surface area contributed by atoms with Gasteiger partial charge >= 0.3 is 0 Å². The lowest BCUT2D eigenvalue weighted by Gasteiger charge is -2.31. The zero-order chi connectivity index (χ0) is 23.6. The second-order valence-corrected chi connectivity index (χ2v) is 9.88. The molecule has 0 unspecified atom stereocenters. The van der Waals surface area contributed by atoms with Gasteiger partial charge in [-0.1, -0.05) is 12.1 Å². The number of imidazole rings is 1. The predicted octanol–water partition coefficient (Wildman–Crippen LogP) is 1.50. The topological polar surface area (TPSA) is 113 Å². The summed E-state index contributed by atoms with van der Waals surface area (Å²) in [6.45, 7) is 0.245. The Morgan fingerprint density at radius 2 is 1.85 bits per heavy atom. The van der Waals surface area contributed by atoms with Crippen molar-refractivity contribution in [2.24, 2.45) is 13.0 Å². The number of amides is 2. The van der Waals surface area contributed by atoms with Crippen LogP contribution >= 0.6 is 0 Å². The van der Waals surface area contributed by atoms with E-state index in [-0.39, 0.29) is 24.4 Å². The van der Waals surface area contributed by atoms with E-state index in [2.05, 4.69) is 15.8 Å². The van der Waals surface area contributed by atoms with Crippen LogP contribution in [0.4, 0.5) is 4.39 Å². The van der Waals surface area contributed by atoms with Gasteiger partial charge in [-0.15, -0.1) is 0 Å². The zero-order valence-corrected chi connectivity index (χ0v) is 18.8. The highest BCUT2D eigenvalue weighted by Crippen LogP contribution is 2.24. The average molecular weight is 474 g/mol. The van der Waals surface area contributed by atoms with Crippen molar-refractivity contribution in [3.8, 4) is 0 Å². The largest absolute Gasteiger partial charge is 0.331 e. The molecule has 1 fully saturated rings. The number of piperidine rings is 1. The van der Waals surface area contributed by atoms with Crippen molar-refractivity contribution >= 4 is 32.9 Å². The van der Waals surface area contributed by atoms with E-state index in [1.165, 1.54) is 16.4 Å². The summed E-state index contributed by atoms with van der Waals surface area (Å²) in [4.78, 5) is 29.4. The van der Waals surface area contributed by atoms with Crippen LogP contribution in [0.25, 0.3) is 11.0 Å². The molecule has 2 amide bonds. The number of hydrogen-bond acceptors (Lipinski definition) is 5. The molecule has 1 aliphatic rings. The monoisotopic (exact) mass is 473 g/mol. The van der Waals surface area contributed by atoms with E-state index in [0.29, 0.717) is 18.7 Å². The number of carbonyl (C=O) groups is 2. The number of halogens is 1. The summed E-state index contributed by atoms with van der Waals surface area (Å²) >= 11 is 0. The second kappa shape index (κ2) is 9.28. The first-order valence-corrected chi connectivity index (χ1v) is 11.9. The number of hydrazine groups is 1. The summed E-state index contributed by atoms with van der Waals surface area (Å²) in [6, 6.07) is 12.1. The van der Waals surface area contributed by atoms with Gasteiger partial charge in [0, 0.05) is 20.1 Å². The number of carbonyl (C=O) groups excluding carboxylic acids is 2. The van der Waals surface area contributed by atoms with E-state index in [0.717, 1.165) is 23.2 Å². The Hall–Kier alpha value is -3.31. The normalized spacial score (nSPS) is 17.1. The molecule has 1 aromatic heterocycles. The predicted molar refractivity (Wildman–Crippen MR) is 119 cm³/mol. The van der Waals surface area contributed by atoms with E-state index < -0.39 is 33.6 Å². The summed E-state index contributed by atoms with van der Waals surface area (Å²) < 4.78 is 41.8. The van der Waals surface area contributed by atoms with Crippen molar-refractivity contribution < 1.29 is 22.4 Å². The maximum Gasteiger partial charge on any atom is 0.245 e. The molecule has 2 aromatic carbocycles. The SMILES string of the molecule is Cn1c(CC(=O)NNC(=O)[C@H]2CCCN(S(=O)(=O)c3ccc(F)cc3)C2)nc2ccccc21. The number of hydrogen-bond donors (Lipinski definition) is 2. The van der Waals surface area contributed by atoms with E-state index in [4.69, 9.17) is 0 Å². The van der Waals surface area contributed by atoms with Gasteiger partial charge in [0.2, 0.25) is 21.8 Å². The summed E-state index contributed by atoms with van der Waals surface area (Å²) in [5.41, 5.74) is 6.46. The van der Waals surface area contributed by atoms with Crippen molar-refractivity contribution in [3.63, 3.8) is 0 Å². The molecule has 33 heavy (non-hydrogen) atoms. The highest BCUT2D eigenvalue weighted by atomic mass is 32.2. The molecule has 1 saturated heterocycles. The molecular formula is C22H24FN5O4S. The molecule has 0 aliphatic carbocycles. The van der Waals surface area contributed by atoms with Gasteiger partial charge in [-0.05, 0) is 49.2 Å². The lowest BCUT2D eigenvalue weighted by Crippen LogP contribution is -2.50. The Bertz CT molecular complexity index is 1290. The van der Waals surface area contributed by atoms with Crippen LogP contribution in [0.5, 0.6) is 0 Å². The zero-order valence-electron chi connectivity index (χ0n) is 18.0. The number of rotatable bonds is 5. The van der Waals surface area contributed by atoms with Crippen LogP contribution in [0.1, 0.15) is 18.7 Å². The van der Waals surface area contributed by atoms with Crippen molar-refractivity contribution in [1.82, 2.24) is 24.7 Å². The fraction of sp³-hybridized carbons (Fsp3) is 0.318. The molecule has 0 bridgehead atoms. The van der Waals surface area contributed by atoms with Gasteiger partial charge in [0.15, 0.2) is 0 Å². The summed E-state index contributed by atoms with van der Waals surface area (Å²) in [6.07, 6.45) is 0.954. The number of benzene rings is 2. The van der Waals surface area contributed by atoms with E-state index in [1.807, 2.05) is 35.9 Å². The number of aryl methyl sites for hydroxylation is 1. The molecule has 1 aliphatic heterocycles. The van der Waals surface area contributed by atoms with E-state index in [9.17, 15) is 22.4 Å². The minimum atomic E-state index is -3.85. The van der Waals surface area contributed by atoms with Crippen LogP contribution in [0, 0.1) is 11.7 Å². The first-order valence-electron chi connectivity index (χ1n) is 10.5. The van der Waals surface area contributed by atoms with Crippen LogP contribution in [-0.2, 0) is 33.1 Å². The molecule has 1 atom stereocenters. The van der Waals surface area contributed by atoms with Crippen molar-refractivity contribution in [3.05, 3.63) is 60.2 Å². The van der Waals surface area contributed by atoms with E-state index in [1.54, 1.807) is 0 Å². The van der Waals surface area contributed by atoms with Gasteiger partial charge in [-0.25, -0.2) is 17.8 Å². The number of nitrogens with one attached hydrogen (secondary N) is 2. The third kappa shape index (κ3) is 4.88. The highest BCUT2D eigenvalue weighted by molar-refractivity contribution is 7.89. The average Bonchev–Trinajstić information content (AvgIpc) is 3.13. The molecule has 0 saturated carbocycles. The maximum absolute atomic E-state index is 13.1. The molecule has 0 spiro atoms. The van der Waals surface area contributed by atoms with E-state index >= 15 is 0 Å². The standard InChI is InChI=1S/C22H24FN5O4S/c1-27-19-7-3-2-6-18(19)24-20(27)13-21(29)25-26-22(30)15-5-4-12-28(14-15)33(31,32)17-10-8-16(23)9-11-17/h2-3,6-11,15H,4-5,12-14H2,1H3,(H,25,29)(H,26,30)/t15-/m0/s1. The fourth-order valence-corrected chi connectivity index (χ4v) is 5.43.